The minimum atomic E-state index is -4.46. The molecule has 5 rings (SSSR count). The van der Waals surface area contributed by atoms with E-state index < -0.39 is 15.6 Å². The first-order valence-corrected chi connectivity index (χ1v) is 15.9. The van der Waals surface area contributed by atoms with E-state index in [2.05, 4.69) is 12.1 Å². The van der Waals surface area contributed by atoms with E-state index in [1.54, 1.807) is 24.3 Å². The molecule has 1 atom stereocenters. The molecule has 0 bridgehead atoms. The van der Waals surface area contributed by atoms with E-state index in [0.717, 1.165) is 31.4 Å². The first kappa shape index (κ1) is 25.8. The number of hydrogen-bond acceptors (Lipinski definition) is 3. The van der Waals surface area contributed by atoms with Crippen molar-refractivity contribution in [2.45, 2.75) is 120 Å². The van der Waals surface area contributed by atoms with Gasteiger partial charge < -0.3 is 4.74 Å². The summed E-state index contributed by atoms with van der Waals surface area (Å²) in [7, 11) is -4.46. The molecule has 0 spiro atoms. The second-order valence-corrected chi connectivity index (χ2v) is 12.9. The lowest BCUT2D eigenvalue weighted by Crippen LogP contribution is -2.22. The monoisotopic (exact) mass is 510 g/mol. The number of hydrogen-bond donors (Lipinski definition) is 1. The van der Waals surface area contributed by atoms with Gasteiger partial charge in [-0.3, -0.25) is 4.55 Å². The largest absolute Gasteiger partial charge is 0.467 e. The van der Waals surface area contributed by atoms with Crippen molar-refractivity contribution in [3.8, 4) is 5.75 Å². The van der Waals surface area contributed by atoms with E-state index in [9.17, 15) is 13.0 Å². The summed E-state index contributed by atoms with van der Waals surface area (Å²) in [5.74, 6) is 2.11. The normalized spacial score (nSPS) is 21.8. The quantitative estimate of drug-likeness (QED) is 0.378. The third kappa shape index (κ3) is 5.99. The summed E-state index contributed by atoms with van der Waals surface area (Å²) >= 11 is 0. The third-order valence-electron chi connectivity index (χ3n) is 8.90. The molecule has 36 heavy (non-hydrogen) atoms. The van der Waals surface area contributed by atoms with Crippen molar-refractivity contribution in [3.63, 3.8) is 0 Å². The summed E-state index contributed by atoms with van der Waals surface area (Å²) in [6.07, 6.45) is 18.2. The van der Waals surface area contributed by atoms with Gasteiger partial charge in [-0.05, 0) is 73.0 Å². The fourth-order valence-electron chi connectivity index (χ4n) is 6.96. The molecule has 0 amide bonds. The minimum Gasteiger partial charge on any atom is -0.467 e. The summed E-state index contributed by atoms with van der Waals surface area (Å²) < 4.78 is 42.2. The Kier molecular flexibility index (Phi) is 8.37. The second kappa shape index (κ2) is 11.7. The molecule has 4 nitrogen and oxygen atoms in total. The molecule has 0 aromatic heterocycles. The molecule has 0 radical (unpaired) electrons. The van der Waals surface area contributed by atoms with Crippen LogP contribution in [-0.2, 0) is 10.1 Å². The average Bonchev–Trinajstić information content (AvgIpc) is 2.92. The van der Waals surface area contributed by atoms with Gasteiger partial charge in [-0.15, -0.1) is 0 Å². The van der Waals surface area contributed by atoms with Gasteiger partial charge in [0.25, 0.3) is 0 Å². The van der Waals surface area contributed by atoms with Crippen molar-refractivity contribution < 1.29 is 17.7 Å². The van der Waals surface area contributed by atoms with Crippen LogP contribution in [0.25, 0.3) is 0 Å². The molecule has 3 aliphatic carbocycles. The fourth-order valence-corrected chi connectivity index (χ4v) is 7.68. The van der Waals surface area contributed by atoms with Gasteiger partial charge in [-0.1, -0.05) is 100 Å². The molecule has 3 fully saturated rings. The Bertz CT molecular complexity index is 1050. The van der Waals surface area contributed by atoms with Gasteiger partial charge in [-0.2, -0.15) is 8.42 Å². The molecule has 0 heterocycles. The van der Waals surface area contributed by atoms with Crippen molar-refractivity contribution in [1.29, 1.82) is 0 Å². The van der Waals surface area contributed by atoms with Crippen LogP contribution in [0.15, 0.2) is 42.5 Å². The molecule has 2 aromatic carbocycles. The van der Waals surface area contributed by atoms with Crippen LogP contribution >= 0.6 is 0 Å². The highest BCUT2D eigenvalue weighted by atomic mass is 32.2. The Morgan fingerprint density at radius 3 is 1.56 bits per heavy atom. The van der Waals surface area contributed by atoms with Crippen LogP contribution in [-0.4, -0.2) is 13.0 Å². The molecule has 0 aliphatic heterocycles. The predicted octanol–water partition coefficient (Wildman–Crippen LogP) is 8.80. The molecule has 0 saturated heterocycles. The molecule has 5 heteroatoms. The molecule has 1 unspecified atom stereocenters. The summed E-state index contributed by atoms with van der Waals surface area (Å²) in [6.45, 7) is 0. The van der Waals surface area contributed by atoms with Crippen LogP contribution in [0.4, 0.5) is 0 Å². The first-order chi connectivity index (χ1) is 17.5. The summed E-state index contributed by atoms with van der Waals surface area (Å²) in [5.41, 5.74) is 2.89. The molecule has 3 saturated carbocycles. The lowest BCUT2D eigenvalue weighted by molar-refractivity contribution is 0.250. The molecule has 3 aliphatic rings. The highest BCUT2D eigenvalue weighted by Crippen LogP contribution is 2.48. The van der Waals surface area contributed by atoms with Crippen LogP contribution in [0.3, 0.4) is 0 Å². The Morgan fingerprint density at radius 1 is 0.667 bits per heavy atom. The summed E-state index contributed by atoms with van der Waals surface area (Å²) in [5, 5.41) is 0. The van der Waals surface area contributed by atoms with Crippen LogP contribution in [0.5, 0.6) is 5.75 Å². The average molecular weight is 511 g/mol. The van der Waals surface area contributed by atoms with Gasteiger partial charge in [0.05, 0.1) is 0 Å². The number of rotatable bonds is 7. The first-order valence-electron chi connectivity index (χ1n) is 14.4. The lowest BCUT2D eigenvalue weighted by atomic mass is 9.75. The van der Waals surface area contributed by atoms with Crippen LogP contribution in [0.2, 0.25) is 0 Å². The topological polar surface area (TPSA) is 63.6 Å². The standard InChI is InChI=1S/C31H42O4S/c32-36(33,34)31(26-19-11-4-12-20-26)35-30-28(24-15-7-2-8-16-24)21-27(23-13-5-1-6-14-23)22-29(30)25-17-9-3-10-18-25/h4,11-12,19-25,31H,1-3,5-10,13-18H2,(H,32,33,34). The van der Waals surface area contributed by atoms with Crippen LogP contribution in [0, 0.1) is 0 Å². The van der Waals surface area contributed by atoms with E-state index in [4.69, 9.17) is 4.74 Å². The van der Waals surface area contributed by atoms with Gasteiger partial charge in [0, 0.05) is 5.56 Å². The molecular formula is C31H42O4S. The Morgan fingerprint density at radius 2 is 1.11 bits per heavy atom. The zero-order chi connectivity index (χ0) is 25.0. The van der Waals surface area contributed by atoms with Crippen molar-refractivity contribution in [3.05, 3.63) is 64.7 Å². The molecular weight excluding hydrogens is 468 g/mol. The predicted molar refractivity (Wildman–Crippen MR) is 145 cm³/mol. The number of ether oxygens (including phenoxy) is 1. The zero-order valence-electron chi connectivity index (χ0n) is 21.5. The number of benzene rings is 2. The highest BCUT2D eigenvalue weighted by molar-refractivity contribution is 7.85. The Labute approximate surface area is 217 Å². The van der Waals surface area contributed by atoms with Crippen molar-refractivity contribution in [2.24, 2.45) is 0 Å². The van der Waals surface area contributed by atoms with E-state index in [0.29, 0.717) is 23.3 Å². The minimum absolute atomic E-state index is 0.387. The Hall–Kier alpha value is -1.85. The lowest BCUT2D eigenvalue weighted by Gasteiger charge is -2.33. The van der Waals surface area contributed by atoms with Gasteiger partial charge in [0.15, 0.2) is 0 Å². The van der Waals surface area contributed by atoms with Gasteiger partial charge in [-0.25, -0.2) is 0 Å². The van der Waals surface area contributed by atoms with E-state index in [1.807, 2.05) is 6.07 Å². The van der Waals surface area contributed by atoms with Gasteiger partial charge in [0.1, 0.15) is 5.75 Å². The van der Waals surface area contributed by atoms with Crippen LogP contribution < -0.4 is 4.74 Å². The van der Waals surface area contributed by atoms with Crippen LogP contribution in [0.1, 0.15) is 142 Å². The van der Waals surface area contributed by atoms with E-state index in [-0.39, 0.29) is 0 Å². The van der Waals surface area contributed by atoms with Crippen molar-refractivity contribution >= 4 is 10.1 Å². The van der Waals surface area contributed by atoms with Crippen molar-refractivity contribution in [1.82, 2.24) is 0 Å². The highest BCUT2D eigenvalue weighted by Gasteiger charge is 2.33. The fraction of sp³-hybridized carbons (Fsp3) is 0.613. The maximum Gasteiger partial charge on any atom is 0.307 e. The van der Waals surface area contributed by atoms with E-state index in [1.165, 1.54) is 87.3 Å². The molecule has 1 N–H and O–H groups in total. The van der Waals surface area contributed by atoms with E-state index >= 15 is 0 Å². The molecule has 2 aromatic rings. The maximum absolute atomic E-state index is 12.7. The summed E-state index contributed by atoms with van der Waals surface area (Å²) in [4.78, 5) is 0. The van der Waals surface area contributed by atoms with Gasteiger partial charge >= 0.3 is 10.1 Å². The molecule has 196 valence electrons. The van der Waals surface area contributed by atoms with Crippen molar-refractivity contribution in [2.75, 3.05) is 0 Å². The second-order valence-electron chi connectivity index (χ2n) is 11.4. The van der Waals surface area contributed by atoms with Gasteiger partial charge in [0.2, 0.25) is 5.44 Å². The smallest absolute Gasteiger partial charge is 0.307 e. The maximum atomic E-state index is 12.7. The zero-order valence-corrected chi connectivity index (χ0v) is 22.4. The SMILES string of the molecule is O=S(=O)(O)C(Oc1c(C2CCCCC2)cc(C2CCCCC2)cc1C1CCCCC1)c1ccccc1. The Balaban J connectivity index is 1.64. The summed E-state index contributed by atoms with van der Waals surface area (Å²) in [6, 6.07) is 13.7. The third-order valence-corrected chi connectivity index (χ3v) is 9.81.